The van der Waals surface area contributed by atoms with E-state index in [1.165, 1.54) is 12.1 Å². The van der Waals surface area contributed by atoms with Crippen LogP contribution >= 0.6 is 0 Å². The lowest BCUT2D eigenvalue weighted by molar-refractivity contribution is -0.386. The summed E-state index contributed by atoms with van der Waals surface area (Å²) in [5.41, 5.74) is 1.01. The first kappa shape index (κ1) is 16.5. The van der Waals surface area contributed by atoms with Crippen molar-refractivity contribution in [1.82, 2.24) is 0 Å². The summed E-state index contributed by atoms with van der Waals surface area (Å²) in [4.78, 5) is 22.5. The number of nitro benzene ring substituents is 1. The largest absolute Gasteiger partial charge is 0.454 e. The second kappa shape index (κ2) is 7.04. The van der Waals surface area contributed by atoms with Gasteiger partial charge in [0.05, 0.1) is 10.5 Å². The Labute approximate surface area is 143 Å². The molecular weight excluding hydrogens is 326 g/mol. The zero-order valence-corrected chi connectivity index (χ0v) is 13.4. The number of carbonyl (C=O) groups excluding carboxylic acids is 1. The van der Waals surface area contributed by atoms with Crippen LogP contribution in [0, 0.1) is 10.1 Å². The average Bonchev–Trinajstić information content (AvgIpc) is 3.07. The average molecular weight is 341 g/mol. The number of nitro groups is 1. The highest BCUT2D eigenvalue weighted by molar-refractivity contribution is 5.87. The normalized spacial score (nSPS) is 13.6. The quantitative estimate of drug-likeness (QED) is 0.357. The third kappa shape index (κ3) is 3.77. The second-order valence-electron chi connectivity index (χ2n) is 5.34. The maximum absolute atomic E-state index is 12.0. The molecule has 2 aromatic carbocycles. The van der Waals surface area contributed by atoms with Gasteiger partial charge in [0.1, 0.15) is 6.10 Å². The lowest BCUT2D eigenvalue weighted by Gasteiger charge is -2.12. The Bertz CT molecular complexity index is 845. The molecule has 1 atom stereocenters. The Balaban J connectivity index is 1.67. The van der Waals surface area contributed by atoms with Gasteiger partial charge in [-0.2, -0.15) is 0 Å². The molecule has 3 rings (SSSR count). The van der Waals surface area contributed by atoms with Crippen molar-refractivity contribution in [3.63, 3.8) is 0 Å². The summed E-state index contributed by atoms with van der Waals surface area (Å²) < 4.78 is 15.7. The molecule has 25 heavy (non-hydrogen) atoms. The van der Waals surface area contributed by atoms with Crippen LogP contribution in [0.2, 0.25) is 0 Å². The number of hydrogen-bond acceptors (Lipinski definition) is 6. The predicted molar refractivity (Wildman–Crippen MR) is 89.2 cm³/mol. The highest BCUT2D eigenvalue weighted by atomic mass is 16.7. The Hall–Kier alpha value is -3.35. The van der Waals surface area contributed by atoms with Crippen LogP contribution < -0.4 is 9.47 Å². The molecule has 0 saturated heterocycles. The minimum atomic E-state index is -0.740. The lowest BCUT2D eigenvalue weighted by atomic mass is 10.1. The van der Waals surface area contributed by atoms with E-state index in [0.717, 1.165) is 5.56 Å². The molecule has 1 heterocycles. The van der Waals surface area contributed by atoms with Gasteiger partial charge >= 0.3 is 5.97 Å². The standard InChI is InChI=1S/C18H15NO6/c1-12(14-4-2-3-5-15(14)19(21)22)25-18(20)9-7-13-6-8-16-17(10-13)24-11-23-16/h2-10,12H,11H2,1H3/b9-7+. The van der Waals surface area contributed by atoms with Crippen molar-refractivity contribution in [2.24, 2.45) is 0 Å². The zero-order valence-electron chi connectivity index (χ0n) is 13.4. The number of esters is 1. The first-order chi connectivity index (χ1) is 12.0. The van der Waals surface area contributed by atoms with Crippen LogP contribution in [-0.2, 0) is 9.53 Å². The van der Waals surface area contributed by atoms with Gasteiger partial charge in [-0.25, -0.2) is 4.79 Å². The summed E-state index contributed by atoms with van der Waals surface area (Å²) in [5, 5.41) is 11.0. The summed E-state index contributed by atoms with van der Waals surface area (Å²) in [6.45, 7) is 1.77. The van der Waals surface area contributed by atoms with E-state index in [1.54, 1.807) is 49.4 Å². The molecule has 0 bridgehead atoms. The molecule has 0 saturated carbocycles. The Morgan fingerprint density at radius 3 is 2.80 bits per heavy atom. The Morgan fingerprint density at radius 1 is 1.24 bits per heavy atom. The number of para-hydroxylation sites is 1. The summed E-state index contributed by atoms with van der Waals surface area (Å²) in [6.07, 6.45) is 2.11. The van der Waals surface area contributed by atoms with Gasteiger partial charge < -0.3 is 14.2 Å². The van der Waals surface area contributed by atoms with Crippen molar-refractivity contribution in [1.29, 1.82) is 0 Å². The minimum absolute atomic E-state index is 0.0810. The number of ether oxygens (including phenoxy) is 3. The molecule has 7 nitrogen and oxygen atoms in total. The summed E-state index contributed by atoms with van der Waals surface area (Å²) in [7, 11) is 0. The number of carbonyl (C=O) groups is 1. The highest BCUT2D eigenvalue weighted by Gasteiger charge is 2.20. The van der Waals surface area contributed by atoms with Gasteiger partial charge in [-0.1, -0.05) is 18.2 Å². The maximum Gasteiger partial charge on any atom is 0.331 e. The summed E-state index contributed by atoms with van der Waals surface area (Å²) in [6, 6.07) is 11.5. The monoisotopic (exact) mass is 341 g/mol. The molecule has 128 valence electrons. The molecular formula is C18H15NO6. The molecule has 1 aliphatic rings. The lowest BCUT2D eigenvalue weighted by Crippen LogP contribution is -2.08. The molecule has 0 N–H and O–H groups in total. The third-order valence-corrected chi connectivity index (χ3v) is 3.67. The van der Waals surface area contributed by atoms with Crippen LogP contribution in [-0.4, -0.2) is 17.7 Å². The van der Waals surface area contributed by atoms with E-state index in [1.807, 2.05) is 0 Å². The van der Waals surface area contributed by atoms with E-state index < -0.39 is 17.0 Å². The predicted octanol–water partition coefficient (Wildman–Crippen LogP) is 3.64. The van der Waals surface area contributed by atoms with Gasteiger partial charge in [-0.15, -0.1) is 0 Å². The SMILES string of the molecule is CC(OC(=O)/C=C/c1ccc2c(c1)OCO2)c1ccccc1[N+](=O)[O-]. The van der Waals surface area contributed by atoms with Crippen molar-refractivity contribution in [3.05, 3.63) is 69.8 Å². The Morgan fingerprint density at radius 2 is 2.00 bits per heavy atom. The molecule has 0 aromatic heterocycles. The van der Waals surface area contributed by atoms with Crippen LogP contribution in [0.5, 0.6) is 11.5 Å². The van der Waals surface area contributed by atoms with Gasteiger partial charge in [0, 0.05) is 12.1 Å². The van der Waals surface area contributed by atoms with Gasteiger partial charge in [-0.05, 0) is 36.8 Å². The molecule has 1 unspecified atom stereocenters. The fraction of sp³-hybridized carbons (Fsp3) is 0.167. The molecule has 0 spiro atoms. The smallest absolute Gasteiger partial charge is 0.331 e. The van der Waals surface area contributed by atoms with Gasteiger partial charge in [0.25, 0.3) is 5.69 Å². The number of nitrogens with zero attached hydrogens (tertiary/aromatic N) is 1. The molecule has 1 aliphatic heterocycles. The zero-order chi connectivity index (χ0) is 17.8. The van der Waals surface area contributed by atoms with E-state index in [0.29, 0.717) is 17.1 Å². The summed E-state index contributed by atoms with van der Waals surface area (Å²) >= 11 is 0. The van der Waals surface area contributed by atoms with Gasteiger partial charge in [0.15, 0.2) is 11.5 Å². The fourth-order valence-electron chi connectivity index (χ4n) is 2.46. The van der Waals surface area contributed by atoms with Crippen LogP contribution in [0.3, 0.4) is 0 Å². The maximum atomic E-state index is 12.0. The van der Waals surface area contributed by atoms with Crippen molar-refractivity contribution >= 4 is 17.7 Å². The van der Waals surface area contributed by atoms with E-state index in [-0.39, 0.29) is 12.5 Å². The minimum Gasteiger partial charge on any atom is -0.454 e. The van der Waals surface area contributed by atoms with Crippen LogP contribution in [0.25, 0.3) is 6.08 Å². The fourth-order valence-corrected chi connectivity index (χ4v) is 2.46. The van der Waals surface area contributed by atoms with E-state index in [4.69, 9.17) is 14.2 Å². The molecule has 7 heteroatoms. The highest BCUT2D eigenvalue weighted by Crippen LogP contribution is 2.33. The molecule has 0 aliphatic carbocycles. The number of hydrogen-bond donors (Lipinski definition) is 0. The molecule has 2 aromatic rings. The van der Waals surface area contributed by atoms with Crippen LogP contribution in [0.1, 0.15) is 24.2 Å². The van der Waals surface area contributed by atoms with Gasteiger partial charge in [0.2, 0.25) is 6.79 Å². The Kier molecular flexibility index (Phi) is 4.65. The second-order valence-corrected chi connectivity index (χ2v) is 5.34. The topological polar surface area (TPSA) is 87.9 Å². The van der Waals surface area contributed by atoms with Crippen molar-refractivity contribution in [2.75, 3.05) is 6.79 Å². The van der Waals surface area contributed by atoms with Crippen LogP contribution in [0.4, 0.5) is 5.69 Å². The van der Waals surface area contributed by atoms with E-state index in [2.05, 4.69) is 0 Å². The number of fused-ring (bicyclic) bond motifs is 1. The first-order valence-electron chi connectivity index (χ1n) is 7.56. The van der Waals surface area contributed by atoms with Crippen LogP contribution in [0.15, 0.2) is 48.5 Å². The third-order valence-electron chi connectivity index (χ3n) is 3.67. The van der Waals surface area contributed by atoms with E-state index in [9.17, 15) is 14.9 Å². The molecule has 0 amide bonds. The van der Waals surface area contributed by atoms with Crippen molar-refractivity contribution in [2.45, 2.75) is 13.0 Å². The molecule has 0 radical (unpaired) electrons. The number of benzene rings is 2. The van der Waals surface area contributed by atoms with Crippen molar-refractivity contribution in [3.8, 4) is 11.5 Å². The molecule has 0 fully saturated rings. The number of rotatable bonds is 5. The van der Waals surface area contributed by atoms with Gasteiger partial charge in [-0.3, -0.25) is 10.1 Å². The van der Waals surface area contributed by atoms with Crippen molar-refractivity contribution < 1.29 is 23.9 Å². The summed E-state index contributed by atoms with van der Waals surface area (Å²) in [5.74, 6) is 0.678. The van der Waals surface area contributed by atoms with E-state index >= 15 is 0 Å². The first-order valence-corrected chi connectivity index (χ1v) is 7.56.